The topological polar surface area (TPSA) is 85.3 Å². The smallest absolute Gasteiger partial charge is 0.408 e. The normalized spacial score (nSPS) is 13.2. The Hall–Kier alpha value is -3.43. The lowest BCUT2D eigenvalue weighted by Crippen LogP contribution is -2.43. The van der Waals surface area contributed by atoms with Gasteiger partial charge in [0.1, 0.15) is 17.1 Å². The van der Waals surface area contributed by atoms with Crippen LogP contribution in [0.3, 0.4) is 0 Å². The van der Waals surface area contributed by atoms with Crippen molar-refractivity contribution in [2.45, 2.75) is 26.1 Å². The SMILES string of the molecule is Cc1cc(-c2ccc3ocnc3c2)nc2c(C(=O)N[C@@H](C)C(F)(F)F)cnn12. The van der Waals surface area contributed by atoms with Crippen molar-refractivity contribution in [2.75, 3.05) is 0 Å². The average molecular weight is 389 g/mol. The van der Waals surface area contributed by atoms with Crippen LogP contribution < -0.4 is 5.32 Å². The molecule has 4 aromatic rings. The van der Waals surface area contributed by atoms with Crippen LogP contribution in [0.1, 0.15) is 23.0 Å². The number of benzene rings is 1. The number of fused-ring (bicyclic) bond motifs is 2. The van der Waals surface area contributed by atoms with E-state index in [-0.39, 0.29) is 11.2 Å². The van der Waals surface area contributed by atoms with Crippen LogP contribution in [0, 0.1) is 6.92 Å². The molecule has 0 spiro atoms. The minimum Gasteiger partial charge on any atom is -0.443 e. The van der Waals surface area contributed by atoms with Crippen LogP contribution in [0.2, 0.25) is 0 Å². The molecule has 3 heterocycles. The average Bonchev–Trinajstić information content (AvgIpc) is 3.26. The lowest BCUT2D eigenvalue weighted by molar-refractivity contribution is -0.149. The maximum Gasteiger partial charge on any atom is 0.408 e. The zero-order valence-electron chi connectivity index (χ0n) is 14.8. The van der Waals surface area contributed by atoms with Gasteiger partial charge in [-0.2, -0.15) is 18.3 Å². The molecule has 0 bridgehead atoms. The summed E-state index contributed by atoms with van der Waals surface area (Å²) >= 11 is 0. The van der Waals surface area contributed by atoms with Crippen LogP contribution >= 0.6 is 0 Å². The van der Waals surface area contributed by atoms with E-state index in [0.717, 1.165) is 12.5 Å². The number of aromatic nitrogens is 4. The molecule has 0 radical (unpaired) electrons. The van der Waals surface area contributed by atoms with E-state index in [1.54, 1.807) is 31.2 Å². The number of rotatable bonds is 3. The number of nitrogens with one attached hydrogen (secondary N) is 1. The lowest BCUT2D eigenvalue weighted by Gasteiger charge is -2.16. The van der Waals surface area contributed by atoms with Gasteiger partial charge in [-0.3, -0.25) is 4.79 Å². The first-order valence-corrected chi connectivity index (χ1v) is 8.30. The Morgan fingerprint density at radius 2 is 2.07 bits per heavy atom. The molecule has 0 aliphatic heterocycles. The van der Waals surface area contributed by atoms with Gasteiger partial charge in [0.2, 0.25) is 0 Å². The first kappa shape index (κ1) is 18.0. The third-order valence-corrected chi connectivity index (χ3v) is 4.36. The van der Waals surface area contributed by atoms with Gasteiger partial charge in [-0.25, -0.2) is 14.5 Å². The number of hydrogen-bond donors (Lipinski definition) is 1. The van der Waals surface area contributed by atoms with Gasteiger partial charge in [-0.15, -0.1) is 0 Å². The molecule has 4 rings (SSSR count). The summed E-state index contributed by atoms with van der Waals surface area (Å²) in [6, 6.07) is 5.08. The zero-order valence-corrected chi connectivity index (χ0v) is 14.8. The van der Waals surface area contributed by atoms with Crippen molar-refractivity contribution in [1.82, 2.24) is 24.9 Å². The highest BCUT2D eigenvalue weighted by molar-refractivity contribution is 6.00. The summed E-state index contributed by atoms with van der Waals surface area (Å²) in [4.78, 5) is 20.9. The van der Waals surface area contributed by atoms with E-state index in [9.17, 15) is 18.0 Å². The molecule has 144 valence electrons. The highest BCUT2D eigenvalue weighted by Crippen LogP contribution is 2.25. The first-order chi connectivity index (χ1) is 13.2. The van der Waals surface area contributed by atoms with E-state index in [1.807, 2.05) is 5.32 Å². The third-order valence-electron chi connectivity index (χ3n) is 4.36. The van der Waals surface area contributed by atoms with Crippen LogP contribution in [-0.2, 0) is 0 Å². The number of alkyl halides is 3. The van der Waals surface area contributed by atoms with Crippen LogP contribution in [-0.4, -0.2) is 37.7 Å². The van der Waals surface area contributed by atoms with Crippen LogP contribution in [0.5, 0.6) is 0 Å². The number of carbonyl (C=O) groups excluding carboxylic acids is 1. The second-order valence-corrected chi connectivity index (χ2v) is 6.35. The molecule has 1 N–H and O–H groups in total. The molecule has 0 unspecified atom stereocenters. The van der Waals surface area contributed by atoms with Gasteiger partial charge in [0, 0.05) is 11.3 Å². The predicted molar refractivity (Wildman–Crippen MR) is 93.7 cm³/mol. The Morgan fingerprint density at radius 1 is 1.29 bits per heavy atom. The maximum absolute atomic E-state index is 12.8. The summed E-state index contributed by atoms with van der Waals surface area (Å²) in [5.74, 6) is -0.893. The van der Waals surface area contributed by atoms with Crippen molar-refractivity contribution >= 4 is 22.7 Å². The monoisotopic (exact) mass is 389 g/mol. The summed E-state index contributed by atoms with van der Waals surface area (Å²) in [5.41, 5.74) is 3.32. The summed E-state index contributed by atoms with van der Waals surface area (Å²) < 4.78 is 44.9. The molecule has 0 saturated carbocycles. The molecule has 1 amide bonds. The van der Waals surface area contributed by atoms with Crippen molar-refractivity contribution in [1.29, 1.82) is 0 Å². The molecule has 0 aliphatic carbocycles. The van der Waals surface area contributed by atoms with Gasteiger partial charge in [0.05, 0.1) is 11.9 Å². The second kappa shape index (κ2) is 6.32. The quantitative estimate of drug-likeness (QED) is 0.579. The van der Waals surface area contributed by atoms with E-state index in [1.165, 1.54) is 17.1 Å². The Balaban J connectivity index is 1.77. The van der Waals surface area contributed by atoms with E-state index in [2.05, 4.69) is 15.1 Å². The Morgan fingerprint density at radius 3 is 2.82 bits per heavy atom. The number of aryl methyl sites for hydroxylation is 1. The summed E-state index contributed by atoms with van der Waals surface area (Å²) in [6.45, 7) is 2.64. The first-order valence-electron chi connectivity index (χ1n) is 8.30. The fraction of sp³-hybridized carbons (Fsp3) is 0.222. The van der Waals surface area contributed by atoms with Gasteiger partial charge >= 0.3 is 6.18 Å². The number of oxazole rings is 1. The third kappa shape index (κ3) is 3.06. The maximum atomic E-state index is 12.8. The lowest BCUT2D eigenvalue weighted by atomic mass is 10.1. The van der Waals surface area contributed by atoms with Crippen molar-refractivity contribution in [3.05, 3.63) is 48.1 Å². The molecule has 0 aliphatic rings. The molecule has 0 fully saturated rings. The zero-order chi connectivity index (χ0) is 20.1. The molecule has 28 heavy (non-hydrogen) atoms. The van der Waals surface area contributed by atoms with Gasteiger partial charge in [-0.05, 0) is 38.1 Å². The number of carbonyl (C=O) groups is 1. The second-order valence-electron chi connectivity index (χ2n) is 6.35. The Labute approximate surface area is 156 Å². The molecule has 1 atom stereocenters. The van der Waals surface area contributed by atoms with Crippen molar-refractivity contribution in [3.63, 3.8) is 0 Å². The minimum atomic E-state index is -4.54. The van der Waals surface area contributed by atoms with E-state index < -0.39 is 18.1 Å². The number of nitrogens with zero attached hydrogens (tertiary/aromatic N) is 4. The fourth-order valence-corrected chi connectivity index (χ4v) is 2.79. The van der Waals surface area contributed by atoms with Crippen LogP contribution in [0.15, 0.2) is 41.3 Å². The van der Waals surface area contributed by atoms with Crippen molar-refractivity contribution in [2.24, 2.45) is 0 Å². The predicted octanol–water partition coefficient (Wildman–Crippen LogP) is 3.53. The van der Waals surface area contributed by atoms with Crippen LogP contribution in [0.4, 0.5) is 13.2 Å². The van der Waals surface area contributed by atoms with Crippen molar-refractivity contribution < 1.29 is 22.4 Å². The van der Waals surface area contributed by atoms with Gasteiger partial charge in [0.25, 0.3) is 5.91 Å². The molecular formula is C18H14F3N5O2. The Bertz CT molecular complexity index is 1200. The van der Waals surface area contributed by atoms with E-state index >= 15 is 0 Å². The fourth-order valence-electron chi connectivity index (χ4n) is 2.79. The largest absolute Gasteiger partial charge is 0.443 e. The van der Waals surface area contributed by atoms with Crippen LogP contribution in [0.25, 0.3) is 28.0 Å². The highest BCUT2D eigenvalue weighted by atomic mass is 19.4. The van der Waals surface area contributed by atoms with E-state index in [4.69, 9.17) is 4.42 Å². The number of halogens is 3. The summed E-state index contributed by atoms with van der Waals surface area (Å²) in [6.07, 6.45) is -2.00. The van der Waals surface area contributed by atoms with Gasteiger partial charge in [0.15, 0.2) is 17.6 Å². The molecule has 7 nitrogen and oxygen atoms in total. The molecule has 3 aromatic heterocycles. The summed E-state index contributed by atoms with van der Waals surface area (Å²) in [5, 5.41) is 6.00. The van der Waals surface area contributed by atoms with Gasteiger partial charge < -0.3 is 9.73 Å². The van der Waals surface area contributed by atoms with Gasteiger partial charge in [-0.1, -0.05) is 0 Å². The minimum absolute atomic E-state index is 0.0384. The van der Waals surface area contributed by atoms with Crippen molar-refractivity contribution in [3.8, 4) is 11.3 Å². The molecular weight excluding hydrogens is 375 g/mol. The van der Waals surface area contributed by atoms with E-state index in [0.29, 0.717) is 22.5 Å². The number of amides is 1. The molecule has 1 aromatic carbocycles. The molecule has 10 heteroatoms. The Kier molecular flexibility index (Phi) is 4.06. The highest BCUT2D eigenvalue weighted by Gasteiger charge is 2.37. The summed E-state index contributed by atoms with van der Waals surface area (Å²) in [7, 11) is 0. The standard InChI is InChI=1S/C18H14F3N5O2/c1-9-5-13(11-3-4-15-14(6-11)22-8-28-15)25-16-12(7-23-26(9)16)17(27)24-10(2)18(19,20)21/h3-8,10H,1-2H3,(H,24,27)/t10-/m0/s1. The number of hydrogen-bond acceptors (Lipinski definition) is 5. The molecule has 0 saturated heterocycles.